The minimum absolute atomic E-state index is 0.367. The minimum Gasteiger partial charge on any atom is -0.475 e. The highest BCUT2D eigenvalue weighted by Gasteiger charge is 2.38. The zero-order valence-electron chi connectivity index (χ0n) is 14.4. The van der Waals surface area contributed by atoms with E-state index in [4.69, 9.17) is 20.4 Å². The van der Waals surface area contributed by atoms with Crippen LogP contribution in [-0.4, -0.2) is 23.2 Å². The molecular weight excluding hydrogens is 375 g/mol. The molecule has 5 nitrogen and oxygen atoms in total. The van der Waals surface area contributed by atoms with Gasteiger partial charge in [-0.1, -0.05) is 42.5 Å². The third-order valence-electron chi connectivity index (χ3n) is 3.60. The highest BCUT2D eigenvalue weighted by molar-refractivity contribution is 5.92. The van der Waals surface area contributed by atoms with Crippen molar-refractivity contribution >= 4 is 22.7 Å². The van der Waals surface area contributed by atoms with Crippen LogP contribution in [0.25, 0.3) is 10.8 Å². The van der Waals surface area contributed by atoms with Crippen molar-refractivity contribution in [1.82, 2.24) is 0 Å². The van der Waals surface area contributed by atoms with E-state index in [2.05, 4.69) is 0 Å². The fourth-order valence-corrected chi connectivity index (χ4v) is 2.17. The molecule has 0 aliphatic carbocycles. The van der Waals surface area contributed by atoms with E-state index in [9.17, 15) is 18.0 Å². The number of alkyl halides is 3. The van der Waals surface area contributed by atoms with Crippen molar-refractivity contribution in [3.8, 4) is 5.75 Å². The standard InChI is InChI=1S/C18H15NO2.C2HF3O2/c19-12-13-5-7-15(8-6-13)18(20)21-17-10-9-14-3-1-2-4-16(14)11-17;3-2(4,5)1(6)7/h1-11H,12,19H2;(H,6,7). The van der Waals surface area contributed by atoms with Gasteiger partial charge in [-0.05, 0) is 40.6 Å². The van der Waals surface area contributed by atoms with Crippen molar-refractivity contribution < 1.29 is 32.6 Å². The van der Waals surface area contributed by atoms with Gasteiger partial charge in [0.25, 0.3) is 0 Å². The Morgan fingerprint density at radius 2 is 1.50 bits per heavy atom. The summed E-state index contributed by atoms with van der Waals surface area (Å²) in [6.45, 7) is 0.458. The quantitative estimate of drug-likeness (QED) is 0.517. The molecule has 0 atom stereocenters. The summed E-state index contributed by atoms with van der Waals surface area (Å²) in [5, 5.41) is 9.28. The third-order valence-corrected chi connectivity index (χ3v) is 3.60. The van der Waals surface area contributed by atoms with Crippen LogP contribution in [0.2, 0.25) is 0 Å². The van der Waals surface area contributed by atoms with Gasteiger partial charge in [-0.3, -0.25) is 0 Å². The molecule has 28 heavy (non-hydrogen) atoms. The Kier molecular flexibility index (Phi) is 6.73. The lowest BCUT2D eigenvalue weighted by atomic mass is 10.1. The number of nitrogens with two attached hydrogens (primary N) is 1. The van der Waals surface area contributed by atoms with E-state index in [1.165, 1.54) is 0 Å². The first-order chi connectivity index (χ1) is 13.2. The molecule has 0 aromatic heterocycles. The summed E-state index contributed by atoms with van der Waals surface area (Å²) >= 11 is 0. The Bertz CT molecular complexity index is 969. The summed E-state index contributed by atoms with van der Waals surface area (Å²) in [6.07, 6.45) is -5.08. The number of hydrogen-bond acceptors (Lipinski definition) is 4. The minimum atomic E-state index is -5.08. The van der Waals surface area contributed by atoms with Crippen molar-refractivity contribution in [1.29, 1.82) is 0 Å². The van der Waals surface area contributed by atoms with Crippen molar-refractivity contribution in [2.45, 2.75) is 12.7 Å². The fraction of sp³-hybridized carbons (Fsp3) is 0.100. The highest BCUT2D eigenvalue weighted by atomic mass is 19.4. The summed E-state index contributed by atoms with van der Waals surface area (Å²) in [5.41, 5.74) is 7.03. The molecule has 0 amide bonds. The molecule has 146 valence electrons. The molecule has 3 aromatic carbocycles. The molecule has 0 radical (unpaired) electrons. The van der Waals surface area contributed by atoms with Gasteiger partial charge < -0.3 is 15.6 Å². The van der Waals surface area contributed by atoms with Gasteiger partial charge in [0.15, 0.2) is 0 Å². The van der Waals surface area contributed by atoms with Crippen LogP contribution in [0.3, 0.4) is 0 Å². The molecule has 0 bridgehead atoms. The van der Waals surface area contributed by atoms with Crippen LogP contribution in [0.4, 0.5) is 13.2 Å². The number of fused-ring (bicyclic) bond motifs is 1. The number of carbonyl (C=O) groups is 2. The van der Waals surface area contributed by atoms with Gasteiger partial charge in [-0.2, -0.15) is 13.2 Å². The lowest BCUT2D eigenvalue weighted by molar-refractivity contribution is -0.192. The Labute approximate surface area is 158 Å². The number of carbonyl (C=O) groups excluding carboxylic acids is 1. The van der Waals surface area contributed by atoms with Crippen molar-refractivity contribution in [3.05, 3.63) is 77.9 Å². The van der Waals surface area contributed by atoms with Crippen LogP contribution in [0.15, 0.2) is 66.7 Å². The number of hydrogen-bond donors (Lipinski definition) is 2. The molecule has 0 heterocycles. The van der Waals surface area contributed by atoms with Crippen LogP contribution < -0.4 is 10.5 Å². The van der Waals surface area contributed by atoms with E-state index in [0.29, 0.717) is 17.9 Å². The number of carboxylic acid groups (broad SMARTS) is 1. The zero-order chi connectivity index (χ0) is 20.7. The maximum absolute atomic E-state index is 12.1. The summed E-state index contributed by atoms with van der Waals surface area (Å²) in [5.74, 6) is -2.58. The van der Waals surface area contributed by atoms with E-state index in [0.717, 1.165) is 16.3 Å². The summed E-state index contributed by atoms with van der Waals surface area (Å²) in [6, 6.07) is 20.7. The third kappa shape index (κ3) is 5.82. The first-order valence-corrected chi connectivity index (χ1v) is 8.01. The van der Waals surface area contributed by atoms with Crippen LogP contribution in [-0.2, 0) is 11.3 Å². The van der Waals surface area contributed by atoms with Crippen molar-refractivity contribution in [2.24, 2.45) is 5.73 Å². The first-order valence-electron chi connectivity index (χ1n) is 8.01. The van der Waals surface area contributed by atoms with Gasteiger partial charge in [-0.15, -0.1) is 0 Å². The van der Waals surface area contributed by atoms with Crippen LogP contribution >= 0.6 is 0 Å². The average molecular weight is 391 g/mol. The number of benzene rings is 3. The van der Waals surface area contributed by atoms with Crippen molar-refractivity contribution in [3.63, 3.8) is 0 Å². The zero-order valence-corrected chi connectivity index (χ0v) is 14.4. The Hall–Kier alpha value is -3.39. The van der Waals surface area contributed by atoms with E-state index in [1.54, 1.807) is 18.2 Å². The number of esters is 1. The summed E-state index contributed by atoms with van der Waals surface area (Å²) < 4.78 is 37.1. The molecule has 0 unspecified atom stereocenters. The predicted octanol–water partition coefficient (Wildman–Crippen LogP) is 4.15. The molecule has 3 aromatic rings. The van der Waals surface area contributed by atoms with Gasteiger partial charge in [0.1, 0.15) is 5.75 Å². The summed E-state index contributed by atoms with van der Waals surface area (Å²) in [7, 11) is 0. The second kappa shape index (κ2) is 9.01. The molecule has 0 spiro atoms. The number of carboxylic acids is 1. The van der Waals surface area contributed by atoms with Crippen molar-refractivity contribution in [2.75, 3.05) is 0 Å². The molecule has 0 fully saturated rings. The molecule has 0 aliphatic heterocycles. The molecule has 8 heteroatoms. The van der Waals surface area contributed by atoms with Gasteiger partial charge in [0.05, 0.1) is 5.56 Å². The topological polar surface area (TPSA) is 89.6 Å². The van der Waals surface area contributed by atoms with E-state index in [-0.39, 0.29) is 5.97 Å². The number of aliphatic carboxylic acids is 1. The maximum Gasteiger partial charge on any atom is 0.490 e. The smallest absolute Gasteiger partial charge is 0.475 e. The van der Waals surface area contributed by atoms with Gasteiger partial charge in [0.2, 0.25) is 0 Å². The Morgan fingerprint density at radius 1 is 0.929 bits per heavy atom. The van der Waals surface area contributed by atoms with Gasteiger partial charge in [0, 0.05) is 6.54 Å². The van der Waals surface area contributed by atoms with E-state index in [1.807, 2.05) is 48.5 Å². The fourth-order valence-electron chi connectivity index (χ4n) is 2.17. The first kappa shape index (κ1) is 20.9. The second-order valence-corrected chi connectivity index (χ2v) is 5.60. The molecule has 0 aliphatic rings. The predicted molar refractivity (Wildman–Crippen MR) is 96.9 cm³/mol. The highest BCUT2D eigenvalue weighted by Crippen LogP contribution is 2.21. The molecule has 0 saturated carbocycles. The Balaban J connectivity index is 0.000000345. The van der Waals surface area contributed by atoms with Gasteiger partial charge in [-0.25, -0.2) is 9.59 Å². The molecular formula is C20H16F3NO4. The largest absolute Gasteiger partial charge is 0.490 e. The van der Waals surface area contributed by atoms with Crippen LogP contribution in [0.5, 0.6) is 5.75 Å². The van der Waals surface area contributed by atoms with E-state index < -0.39 is 12.1 Å². The molecule has 3 N–H and O–H groups in total. The maximum atomic E-state index is 12.1. The second-order valence-electron chi connectivity index (χ2n) is 5.60. The average Bonchev–Trinajstić information content (AvgIpc) is 2.67. The lowest BCUT2D eigenvalue weighted by Crippen LogP contribution is -2.21. The van der Waals surface area contributed by atoms with Gasteiger partial charge >= 0.3 is 18.1 Å². The SMILES string of the molecule is NCc1ccc(C(=O)Oc2ccc3ccccc3c2)cc1.O=C(O)C(F)(F)F. The Morgan fingerprint density at radius 3 is 2.04 bits per heavy atom. The number of rotatable bonds is 3. The monoisotopic (exact) mass is 391 g/mol. The number of ether oxygens (including phenoxy) is 1. The van der Waals surface area contributed by atoms with Crippen LogP contribution in [0, 0.1) is 0 Å². The molecule has 0 saturated heterocycles. The van der Waals surface area contributed by atoms with Crippen LogP contribution in [0.1, 0.15) is 15.9 Å². The summed E-state index contributed by atoms with van der Waals surface area (Å²) in [4.78, 5) is 21.0. The van der Waals surface area contributed by atoms with E-state index >= 15 is 0 Å². The molecule has 3 rings (SSSR count). The normalized spacial score (nSPS) is 10.7. The number of halogens is 3. The lowest BCUT2D eigenvalue weighted by Gasteiger charge is -2.06.